The lowest BCUT2D eigenvalue weighted by Crippen LogP contribution is -2.41. The van der Waals surface area contributed by atoms with Gasteiger partial charge in [-0.25, -0.2) is 0 Å². The lowest BCUT2D eigenvalue weighted by molar-refractivity contribution is -0.139. The van der Waals surface area contributed by atoms with Crippen LogP contribution in [-0.2, 0) is 28.6 Å². The minimum atomic E-state index is -4.72. The molecule has 3 aromatic rings. The molecule has 1 amide bonds. The van der Waals surface area contributed by atoms with Gasteiger partial charge in [0.2, 0.25) is 5.91 Å². The van der Waals surface area contributed by atoms with E-state index in [9.17, 15) is 32.7 Å². The Balaban J connectivity index is 1.36. The number of halogens is 3. The number of hydrogen-bond acceptors (Lipinski definition) is 4. The molecule has 0 radical (unpaired) electrons. The van der Waals surface area contributed by atoms with Gasteiger partial charge < -0.3 is 19.9 Å². The molecule has 0 unspecified atom stereocenters. The summed E-state index contributed by atoms with van der Waals surface area (Å²) in [6, 6.07) is 6.87. The molecule has 52 heavy (non-hydrogen) atoms. The summed E-state index contributed by atoms with van der Waals surface area (Å²) in [4.78, 5) is 42.5. The van der Waals surface area contributed by atoms with Crippen molar-refractivity contribution in [1.29, 1.82) is 0 Å². The van der Waals surface area contributed by atoms with Crippen LogP contribution in [0, 0.1) is 32.6 Å². The van der Waals surface area contributed by atoms with E-state index in [1.807, 2.05) is 26.0 Å². The van der Waals surface area contributed by atoms with Crippen molar-refractivity contribution < 1.29 is 27.9 Å². The van der Waals surface area contributed by atoms with E-state index in [-0.39, 0.29) is 17.9 Å². The average Bonchev–Trinajstić information content (AvgIpc) is 3.74. The van der Waals surface area contributed by atoms with Gasteiger partial charge in [0.05, 0.1) is 18.0 Å². The number of aliphatic carboxylic acids is 1. The second-order valence-corrected chi connectivity index (χ2v) is 16.0. The molecule has 2 fully saturated rings. The number of alkyl halides is 3. The Bertz CT molecular complexity index is 1860. The maximum absolute atomic E-state index is 14.4. The fourth-order valence-corrected chi connectivity index (χ4v) is 8.72. The minimum Gasteiger partial charge on any atom is -0.481 e. The van der Waals surface area contributed by atoms with Crippen molar-refractivity contribution in [2.75, 3.05) is 19.6 Å². The van der Waals surface area contributed by atoms with Gasteiger partial charge in [-0.3, -0.25) is 14.4 Å². The molecule has 2 aromatic carbocycles. The monoisotopic (exact) mass is 719 g/mol. The smallest absolute Gasteiger partial charge is 0.416 e. The summed E-state index contributed by atoms with van der Waals surface area (Å²) in [5.74, 6) is -1.49. The third-order valence-corrected chi connectivity index (χ3v) is 11.3. The number of hydrogen-bond donors (Lipinski definition) is 2. The highest BCUT2D eigenvalue weighted by molar-refractivity contribution is 5.82. The number of carboxylic acid groups (broad SMARTS) is 1. The Morgan fingerprint density at radius 1 is 0.962 bits per heavy atom. The number of carboxylic acids is 1. The summed E-state index contributed by atoms with van der Waals surface area (Å²) >= 11 is 0. The number of aryl methyl sites for hydroxylation is 4. The van der Waals surface area contributed by atoms with Crippen LogP contribution in [0.5, 0.6) is 0 Å². The molecule has 2 atom stereocenters. The Kier molecular flexibility index (Phi) is 11.1. The maximum Gasteiger partial charge on any atom is 0.416 e. The number of rotatable bonds is 12. The predicted octanol–water partition coefficient (Wildman–Crippen LogP) is 8.46. The fourth-order valence-electron chi connectivity index (χ4n) is 8.72. The second kappa shape index (κ2) is 15.2. The molecule has 280 valence electrons. The predicted molar refractivity (Wildman–Crippen MR) is 197 cm³/mol. The summed E-state index contributed by atoms with van der Waals surface area (Å²) in [5.41, 5.74) is 6.76. The van der Waals surface area contributed by atoms with Crippen LogP contribution in [0.1, 0.15) is 121 Å². The van der Waals surface area contributed by atoms with Crippen molar-refractivity contribution in [3.63, 3.8) is 0 Å². The third-order valence-electron chi connectivity index (χ3n) is 11.3. The number of carbonyl (C=O) groups excluding carboxylic acids is 1. The standard InChI is InChI=1S/C42H52F3N3O4/c1-24(2)15-37(48-23-34(35(20-38(48)49)42(43,44)45)29-11-13-47(14-12-29)22-28-9-10-28)41(52)46-36(21-39(50)51)31-18-30-7-6-8-32(30)33(19-31)40-26(4)16-25(3)17-27(40)5/h16-20,23-24,28-29,36-37H,6-15,21-22H2,1-5H3,(H,46,52)(H,50,51)/t36-,37-/m1/s1. The zero-order chi connectivity index (χ0) is 37.5. The van der Waals surface area contributed by atoms with E-state index >= 15 is 0 Å². The number of nitrogens with one attached hydrogen (secondary N) is 1. The van der Waals surface area contributed by atoms with Crippen LogP contribution >= 0.6 is 0 Å². The first kappa shape index (κ1) is 37.8. The van der Waals surface area contributed by atoms with Gasteiger partial charge in [-0.1, -0.05) is 37.6 Å². The highest BCUT2D eigenvalue weighted by Crippen LogP contribution is 2.41. The largest absolute Gasteiger partial charge is 0.481 e. The van der Waals surface area contributed by atoms with Crippen molar-refractivity contribution in [2.24, 2.45) is 11.8 Å². The quantitative estimate of drug-likeness (QED) is 0.196. The van der Waals surface area contributed by atoms with Gasteiger partial charge in [-0.2, -0.15) is 13.2 Å². The van der Waals surface area contributed by atoms with E-state index in [4.69, 9.17) is 0 Å². The number of fused-ring (bicyclic) bond motifs is 1. The van der Waals surface area contributed by atoms with E-state index in [2.05, 4.69) is 43.1 Å². The summed E-state index contributed by atoms with van der Waals surface area (Å²) in [6.07, 6.45) is 2.56. The van der Waals surface area contributed by atoms with Gasteiger partial charge in [0.1, 0.15) is 6.04 Å². The number of amides is 1. The number of aromatic nitrogens is 1. The molecule has 1 saturated carbocycles. The Morgan fingerprint density at radius 2 is 1.63 bits per heavy atom. The van der Waals surface area contributed by atoms with E-state index in [0.29, 0.717) is 43.5 Å². The first-order valence-corrected chi connectivity index (χ1v) is 18.9. The molecule has 2 heterocycles. The van der Waals surface area contributed by atoms with E-state index in [1.165, 1.54) is 29.2 Å². The first-order valence-electron chi connectivity index (χ1n) is 18.9. The molecular weight excluding hydrogens is 667 g/mol. The fraction of sp³-hybridized carbons (Fsp3) is 0.548. The first-order chi connectivity index (χ1) is 24.6. The van der Waals surface area contributed by atoms with Crippen LogP contribution in [0.4, 0.5) is 13.2 Å². The molecule has 1 aromatic heterocycles. The van der Waals surface area contributed by atoms with Crippen LogP contribution in [0.3, 0.4) is 0 Å². The van der Waals surface area contributed by atoms with Crippen molar-refractivity contribution in [2.45, 2.75) is 117 Å². The molecule has 2 aliphatic carbocycles. The number of nitrogens with zero attached hydrogens (tertiary/aromatic N) is 2. The molecule has 3 aliphatic rings. The van der Waals surface area contributed by atoms with Gasteiger partial charge in [0, 0.05) is 18.8 Å². The van der Waals surface area contributed by atoms with Crippen molar-refractivity contribution in [3.8, 4) is 11.1 Å². The number of piperidine rings is 1. The van der Waals surface area contributed by atoms with Crippen molar-refractivity contribution in [1.82, 2.24) is 14.8 Å². The third kappa shape index (κ3) is 8.48. The number of benzene rings is 2. The number of carbonyl (C=O) groups is 2. The molecule has 0 spiro atoms. The highest BCUT2D eigenvalue weighted by atomic mass is 19.4. The van der Waals surface area contributed by atoms with Gasteiger partial charge in [0.25, 0.3) is 5.56 Å². The van der Waals surface area contributed by atoms with Crippen molar-refractivity contribution >= 4 is 11.9 Å². The second-order valence-electron chi connectivity index (χ2n) is 16.0. The van der Waals surface area contributed by atoms with Crippen LogP contribution < -0.4 is 10.9 Å². The van der Waals surface area contributed by atoms with Gasteiger partial charge in [0.15, 0.2) is 0 Å². The zero-order valence-electron chi connectivity index (χ0n) is 31.0. The lowest BCUT2D eigenvalue weighted by Gasteiger charge is -2.34. The van der Waals surface area contributed by atoms with Crippen LogP contribution in [0.15, 0.2) is 41.3 Å². The average molecular weight is 720 g/mol. The maximum atomic E-state index is 14.4. The van der Waals surface area contributed by atoms with E-state index in [1.54, 1.807) is 0 Å². The SMILES string of the molecule is Cc1cc(C)c(-c2cc([C@@H](CC(=O)O)NC(=O)[C@@H](CC(C)C)n3cc(C4CCN(CC5CC5)CC4)c(C(F)(F)F)cc3=O)cc3c2CCC3)c(C)c1. The number of likely N-dealkylation sites (tertiary alicyclic amines) is 1. The van der Waals surface area contributed by atoms with E-state index < -0.39 is 53.6 Å². The molecule has 0 bridgehead atoms. The normalized spacial score (nSPS) is 18.0. The van der Waals surface area contributed by atoms with Gasteiger partial charge in [-0.05, 0) is 154 Å². The Hall–Kier alpha value is -3.92. The van der Waals surface area contributed by atoms with Crippen LogP contribution in [-0.4, -0.2) is 46.1 Å². The Morgan fingerprint density at radius 3 is 2.23 bits per heavy atom. The summed E-state index contributed by atoms with van der Waals surface area (Å²) in [7, 11) is 0. The molecule has 6 rings (SSSR count). The van der Waals surface area contributed by atoms with Crippen molar-refractivity contribution in [3.05, 3.63) is 91.4 Å². The summed E-state index contributed by atoms with van der Waals surface area (Å²) < 4.78 is 44.5. The molecular formula is C42H52F3N3O4. The molecule has 1 aliphatic heterocycles. The van der Waals surface area contributed by atoms with Crippen LogP contribution in [0.25, 0.3) is 11.1 Å². The summed E-state index contributed by atoms with van der Waals surface area (Å²) in [5, 5.41) is 13.0. The van der Waals surface area contributed by atoms with E-state index in [0.717, 1.165) is 59.2 Å². The number of pyridine rings is 1. The Labute approximate surface area is 304 Å². The van der Waals surface area contributed by atoms with Gasteiger partial charge in [-0.15, -0.1) is 0 Å². The lowest BCUT2D eigenvalue weighted by atomic mass is 9.86. The minimum absolute atomic E-state index is 0.0499. The molecule has 1 saturated heterocycles. The molecule has 10 heteroatoms. The molecule has 2 N–H and O–H groups in total. The highest BCUT2D eigenvalue weighted by Gasteiger charge is 2.39. The zero-order valence-corrected chi connectivity index (χ0v) is 31.0. The van der Waals surface area contributed by atoms with Gasteiger partial charge >= 0.3 is 12.1 Å². The van der Waals surface area contributed by atoms with Crippen LogP contribution in [0.2, 0.25) is 0 Å². The summed E-state index contributed by atoms with van der Waals surface area (Å²) in [6.45, 7) is 12.3. The molecule has 7 nitrogen and oxygen atoms in total. The topological polar surface area (TPSA) is 91.6 Å².